The molecule has 0 amide bonds. The molecule has 5 aromatic rings. The van der Waals surface area contributed by atoms with Gasteiger partial charge >= 0.3 is 0 Å². The molecule has 6 heteroatoms. The van der Waals surface area contributed by atoms with Gasteiger partial charge in [0, 0.05) is 46.2 Å². The van der Waals surface area contributed by atoms with Crippen LogP contribution in [0.5, 0.6) is 0 Å². The van der Waals surface area contributed by atoms with E-state index in [0.717, 1.165) is 39.0 Å². The van der Waals surface area contributed by atoms with Gasteiger partial charge in [-0.15, -0.1) is 0 Å². The summed E-state index contributed by atoms with van der Waals surface area (Å²) in [5.41, 5.74) is 5.97. The third-order valence-electron chi connectivity index (χ3n) is 4.75. The maximum atomic E-state index is 13.4. The smallest absolute Gasteiger partial charge is 0.140 e. The Morgan fingerprint density at radius 2 is 1.68 bits per heavy atom. The number of nitrogens with one attached hydrogen (secondary N) is 2. The van der Waals surface area contributed by atoms with Crippen molar-refractivity contribution in [3.63, 3.8) is 0 Å². The number of rotatable bonds is 3. The van der Waals surface area contributed by atoms with Crippen LogP contribution in [0.4, 0.5) is 4.39 Å². The van der Waals surface area contributed by atoms with Crippen LogP contribution in [0, 0.1) is 5.82 Å². The number of fused-ring (bicyclic) bond motifs is 1. The molecule has 0 aliphatic heterocycles. The SMILES string of the molecule is [B]c1ccc2[nH]cc(-c3nc(-c4ccc(F)cc4)c(-c4ccncc4)[nH]3)c2c1. The maximum Gasteiger partial charge on any atom is 0.140 e. The number of aromatic nitrogens is 4. The summed E-state index contributed by atoms with van der Waals surface area (Å²) in [6.07, 6.45) is 5.38. The fourth-order valence-corrected chi connectivity index (χ4v) is 3.38. The van der Waals surface area contributed by atoms with Crippen molar-refractivity contribution in [1.29, 1.82) is 0 Å². The number of pyridine rings is 1. The summed E-state index contributed by atoms with van der Waals surface area (Å²) in [7, 11) is 5.97. The molecule has 3 aromatic heterocycles. The quantitative estimate of drug-likeness (QED) is 0.471. The zero-order valence-electron chi connectivity index (χ0n) is 14.8. The Bertz CT molecular complexity index is 1270. The minimum Gasteiger partial charge on any atom is -0.360 e. The van der Waals surface area contributed by atoms with Crippen molar-refractivity contribution in [2.75, 3.05) is 0 Å². The van der Waals surface area contributed by atoms with Gasteiger partial charge in [0.05, 0.1) is 11.4 Å². The predicted molar refractivity (Wildman–Crippen MR) is 110 cm³/mol. The summed E-state index contributed by atoms with van der Waals surface area (Å²) in [5, 5.41) is 0.987. The highest BCUT2D eigenvalue weighted by Gasteiger charge is 2.17. The molecule has 0 bridgehead atoms. The monoisotopic (exact) mass is 364 g/mol. The van der Waals surface area contributed by atoms with E-state index in [0.29, 0.717) is 11.3 Å². The minimum atomic E-state index is -0.280. The highest BCUT2D eigenvalue weighted by molar-refractivity contribution is 6.33. The molecule has 0 aliphatic rings. The molecule has 3 heterocycles. The summed E-state index contributed by atoms with van der Waals surface area (Å²) in [5.74, 6) is 0.431. The Morgan fingerprint density at radius 3 is 2.46 bits per heavy atom. The van der Waals surface area contributed by atoms with Crippen molar-refractivity contribution in [3.8, 4) is 33.9 Å². The Labute approximate surface area is 161 Å². The number of hydrogen-bond donors (Lipinski definition) is 2. The van der Waals surface area contributed by atoms with Gasteiger partial charge in [-0.25, -0.2) is 9.37 Å². The van der Waals surface area contributed by atoms with Crippen LogP contribution in [-0.2, 0) is 0 Å². The summed E-state index contributed by atoms with van der Waals surface area (Å²) in [6.45, 7) is 0. The van der Waals surface area contributed by atoms with Crippen LogP contribution in [0.15, 0.2) is 73.2 Å². The van der Waals surface area contributed by atoms with Gasteiger partial charge in [0.15, 0.2) is 0 Å². The van der Waals surface area contributed by atoms with E-state index in [4.69, 9.17) is 12.8 Å². The molecule has 0 unspecified atom stereocenters. The molecule has 4 nitrogen and oxygen atoms in total. The molecule has 5 rings (SSSR count). The van der Waals surface area contributed by atoms with E-state index in [1.54, 1.807) is 24.5 Å². The van der Waals surface area contributed by atoms with Gasteiger partial charge in [0.1, 0.15) is 19.5 Å². The van der Waals surface area contributed by atoms with Gasteiger partial charge < -0.3 is 9.97 Å². The van der Waals surface area contributed by atoms with Gasteiger partial charge in [-0.1, -0.05) is 17.6 Å². The zero-order valence-corrected chi connectivity index (χ0v) is 14.8. The standard InChI is InChI=1S/C22H14BFN4/c23-15-3-6-19-17(11-15)18(12-26-19)22-27-20(13-1-4-16(24)5-2-13)21(28-22)14-7-9-25-10-8-14/h1-12,26H,(H,27,28). The Balaban J connectivity index is 1.73. The topological polar surface area (TPSA) is 57.4 Å². The molecule has 0 spiro atoms. The van der Waals surface area contributed by atoms with Crippen LogP contribution >= 0.6 is 0 Å². The lowest BCUT2D eigenvalue weighted by molar-refractivity contribution is 0.628. The molecule has 0 saturated heterocycles. The molecule has 0 aliphatic carbocycles. The second-order valence-corrected chi connectivity index (χ2v) is 6.56. The predicted octanol–water partition coefficient (Wildman–Crippen LogP) is 4.22. The van der Waals surface area contributed by atoms with Crippen molar-refractivity contribution >= 4 is 24.2 Å². The molecule has 132 valence electrons. The number of aromatic amines is 2. The van der Waals surface area contributed by atoms with Crippen molar-refractivity contribution in [2.24, 2.45) is 0 Å². The Kier molecular flexibility index (Phi) is 3.83. The maximum absolute atomic E-state index is 13.4. The lowest BCUT2D eigenvalue weighted by atomic mass is 9.94. The van der Waals surface area contributed by atoms with Crippen LogP contribution in [0.25, 0.3) is 44.8 Å². The third kappa shape index (κ3) is 2.79. The van der Waals surface area contributed by atoms with Crippen LogP contribution < -0.4 is 5.46 Å². The molecular formula is C22H14BFN4. The fourth-order valence-electron chi connectivity index (χ4n) is 3.38. The molecule has 0 atom stereocenters. The van der Waals surface area contributed by atoms with Crippen molar-refractivity contribution in [1.82, 2.24) is 19.9 Å². The number of benzene rings is 2. The van der Waals surface area contributed by atoms with E-state index < -0.39 is 0 Å². The first-order valence-electron chi connectivity index (χ1n) is 8.82. The van der Waals surface area contributed by atoms with Crippen molar-refractivity contribution in [3.05, 3.63) is 79.0 Å². The van der Waals surface area contributed by atoms with Gasteiger partial charge in [0.25, 0.3) is 0 Å². The normalized spacial score (nSPS) is 11.2. The molecular weight excluding hydrogens is 350 g/mol. The highest BCUT2D eigenvalue weighted by Crippen LogP contribution is 2.34. The number of halogens is 1. The van der Waals surface area contributed by atoms with E-state index in [-0.39, 0.29) is 5.82 Å². The third-order valence-corrected chi connectivity index (χ3v) is 4.75. The van der Waals surface area contributed by atoms with Crippen LogP contribution in [0.1, 0.15) is 0 Å². The number of nitrogens with zero attached hydrogens (tertiary/aromatic N) is 2. The summed E-state index contributed by atoms with van der Waals surface area (Å²) in [6, 6.07) is 15.9. The van der Waals surface area contributed by atoms with Gasteiger partial charge in [-0.2, -0.15) is 0 Å². The van der Waals surface area contributed by atoms with Gasteiger partial charge in [-0.3, -0.25) is 4.98 Å². The summed E-state index contributed by atoms with van der Waals surface area (Å²) in [4.78, 5) is 15.6. The average molecular weight is 364 g/mol. The first-order chi connectivity index (χ1) is 13.7. The number of H-pyrrole nitrogens is 2. The number of hydrogen-bond acceptors (Lipinski definition) is 2. The zero-order chi connectivity index (χ0) is 19.1. The lowest BCUT2D eigenvalue weighted by Crippen LogP contribution is -1.99. The second-order valence-electron chi connectivity index (χ2n) is 6.56. The van der Waals surface area contributed by atoms with E-state index in [1.807, 2.05) is 36.5 Å². The first-order valence-corrected chi connectivity index (χ1v) is 8.82. The van der Waals surface area contributed by atoms with Crippen molar-refractivity contribution in [2.45, 2.75) is 0 Å². The fraction of sp³-hybridized carbons (Fsp3) is 0. The highest BCUT2D eigenvalue weighted by atomic mass is 19.1. The lowest BCUT2D eigenvalue weighted by Gasteiger charge is -2.02. The first kappa shape index (κ1) is 16.5. The van der Waals surface area contributed by atoms with Crippen LogP contribution in [0.3, 0.4) is 0 Å². The van der Waals surface area contributed by atoms with Crippen LogP contribution in [0.2, 0.25) is 0 Å². The van der Waals surface area contributed by atoms with Gasteiger partial charge in [-0.05, 0) is 42.5 Å². The summed E-state index contributed by atoms with van der Waals surface area (Å²) >= 11 is 0. The molecule has 2 aromatic carbocycles. The second kappa shape index (κ2) is 6.49. The molecule has 0 saturated carbocycles. The van der Waals surface area contributed by atoms with Crippen LogP contribution in [-0.4, -0.2) is 27.8 Å². The molecule has 0 fully saturated rings. The Hall–Kier alpha value is -3.67. The average Bonchev–Trinajstić information content (AvgIpc) is 3.33. The number of imidazole rings is 1. The summed E-state index contributed by atoms with van der Waals surface area (Å²) < 4.78 is 13.4. The van der Waals surface area contributed by atoms with Gasteiger partial charge in [0.2, 0.25) is 0 Å². The van der Waals surface area contributed by atoms with E-state index in [2.05, 4.69) is 15.0 Å². The molecule has 2 N–H and O–H groups in total. The molecule has 2 radical (unpaired) electrons. The van der Waals surface area contributed by atoms with E-state index in [1.165, 1.54) is 12.1 Å². The van der Waals surface area contributed by atoms with E-state index >= 15 is 0 Å². The Morgan fingerprint density at radius 1 is 0.893 bits per heavy atom. The van der Waals surface area contributed by atoms with Crippen molar-refractivity contribution < 1.29 is 4.39 Å². The minimum absolute atomic E-state index is 0.280. The van der Waals surface area contributed by atoms with E-state index in [9.17, 15) is 4.39 Å². The molecule has 28 heavy (non-hydrogen) atoms. The largest absolute Gasteiger partial charge is 0.360 e.